The van der Waals surface area contributed by atoms with Gasteiger partial charge in [0, 0.05) is 11.8 Å². The van der Waals surface area contributed by atoms with Crippen LogP contribution in [0.4, 0.5) is 5.69 Å². The van der Waals surface area contributed by atoms with Crippen molar-refractivity contribution >= 4 is 5.69 Å². The zero-order valence-corrected chi connectivity index (χ0v) is 9.39. The third kappa shape index (κ3) is 2.00. The van der Waals surface area contributed by atoms with E-state index in [4.69, 9.17) is 5.73 Å². The van der Waals surface area contributed by atoms with Crippen LogP contribution in [0.5, 0.6) is 5.75 Å². The van der Waals surface area contributed by atoms with Crippen molar-refractivity contribution in [2.24, 2.45) is 0 Å². The third-order valence-corrected chi connectivity index (χ3v) is 2.45. The summed E-state index contributed by atoms with van der Waals surface area (Å²) in [4.78, 5) is 0. The molecule has 0 amide bonds. The normalized spacial score (nSPS) is 11.7. The zero-order valence-electron chi connectivity index (χ0n) is 9.39. The molecule has 3 N–H and O–H groups in total. The van der Waals surface area contributed by atoms with Crippen LogP contribution >= 0.6 is 0 Å². The van der Waals surface area contributed by atoms with Gasteiger partial charge in [-0.2, -0.15) is 0 Å². The number of aryl methyl sites for hydroxylation is 1. The number of benzene rings is 1. The van der Waals surface area contributed by atoms with Crippen LogP contribution in [0.1, 0.15) is 38.8 Å². The second-order valence-corrected chi connectivity index (χ2v) is 4.67. The van der Waals surface area contributed by atoms with Crippen molar-refractivity contribution in [3.05, 3.63) is 23.3 Å². The smallest absolute Gasteiger partial charge is 0.121 e. The van der Waals surface area contributed by atoms with E-state index in [2.05, 4.69) is 27.7 Å². The van der Waals surface area contributed by atoms with Gasteiger partial charge in [0.1, 0.15) is 5.75 Å². The summed E-state index contributed by atoms with van der Waals surface area (Å²) in [7, 11) is 0. The molecule has 78 valence electrons. The Morgan fingerprint density at radius 2 is 1.86 bits per heavy atom. The Balaban J connectivity index is 3.32. The number of nitrogens with two attached hydrogens (primary N) is 1. The molecule has 0 saturated heterocycles. The average molecular weight is 193 g/mol. The molecule has 2 heteroatoms. The molecule has 14 heavy (non-hydrogen) atoms. The molecule has 0 fully saturated rings. The Morgan fingerprint density at radius 1 is 1.29 bits per heavy atom. The Hall–Kier alpha value is -1.18. The molecular weight excluding hydrogens is 174 g/mol. The van der Waals surface area contributed by atoms with E-state index in [1.54, 1.807) is 6.07 Å². The number of phenolic OH excluding ortho intramolecular Hbond substituents is 1. The Morgan fingerprint density at radius 3 is 2.29 bits per heavy atom. The number of rotatable bonds is 1. The SMILES string of the molecule is CCc1cc(C(C)(C)C)c(O)cc1N. The molecule has 0 heterocycles. The highest BCUT2D eigenvalue weighted by atomic mass is 16.3. The van der Waals surface area contributed by atoms with Gasteiger partial charge in [-0.3, -0.25) is 0 Å². The first kappa shape index (κ1) is 10.9. The molecule has 0 aliphatic rings. The molecule has 0 atom stereocenters. The zero-order chi connectivity index (χ0) is 10.9. The summed E-state index contributed by atoms with van der Waals surface area (Å²) in [5, 5.41) is 9.77. The number of hydrogen-bond donors (Lipinski definition) is 2. The van der Waals surface area contributed by atoms with Gasteiger partial charge in [0.2, 0.25) is 0 Å². The van der Waals surface area contributed by atoms with Crippen LogP contribution in [0.2, 0.25) is 0 Å². The molecule has 1 aromatic rings. The van der Waals surface area contributed by atoms with Crippen molar-refractivity contribution in [3.63, 3.8) is 0 Å². The first-order valence-electron chi connectivity index (χ1n) is 4.98. The standard InChI is InChI=1S/C12H19NO/c1-5-8-6-9(12(2,3)4)11(14)7-10(8)13/h6-7,14H,5,13H2,1-4H3. The van der Waals surface area contributed by atoms with E-state index in [1.165, 1.54) is 0 Å². The van der Waals surface area contributed by atoms with Gasteiger partial charge in [0.05, 0.1) is 0 Å². The van der Waals surface area contributed by atoms with Gasteiger partial charge in [-0.1, -0.05) is 27.7 Å². The number of nitrogen functional groups attached to an aromatic ring is 1. The number of phenols is 1. The predicted molar refractivity (Wildman–Crippen MR) is 60.6 cm³/mol. The molecule has 0 aromatic heterocycles. The van der Waals surface area contributed by atoms with Crippen molar-refractivity contribution < 1.29 is 5.11 Å². The van der Waals surface area contributed by atoms with Crippen LogP contribution in [0.25, 0.3) is 0 Å². The fraction of sp³-hybridized carbons (Fsp3) is 0.500. The fourth-order valence-corrected chi connectivity index (χ4v) is 1.56. The van der Waals surface area contributed by atoms with Crippen molar-refractivity contribution in [2.45, 2.75) is 39.5 Å². The van der Waals surface area contributed by atoms with E-state index in [0.29, 0.717) is 11.4 Å². The predicted octanol–water partition coefficient (Wildman–Crippen LogP) is 2.83. The molecule has 0 unspecified atom stereocenters. The lowest BCUT2D eigenvalue weighted by Crippen LogP contribution is -2.12. The highest BCUT2D eigenvalue weighted by molar-refractivity contribution is 5.56. The van der Waals surface area contributed by atoms with E-state index >= 15 is 0 Å². The first-order valence-corrected chi connectivity index (χ1v) is 4.98. The van der Waals surface area contributed by atoms with Gasteiger partial charge < -0.3 is 10.8 Å². The lowest BCUT2D eigenvalue weighted by atomic mass is 9.85. The average Bonchev–Trinajstić information content (AvgIpc) is 2.02. The Labute approximate surface area is 85.8 Å². The summed E-state index contributed by atoms with van der Waals surface area (Å²) in [6.45, 7) is 8.31. The van der Waals surface area contributed by atoms with E-state index in [0.717, 1.165) is 17.5 Å². The molecule has 1 aromatic carbocycles. The van der Waals surface area contributed by atoms with Crippen molar-refractivity contribution in [2.75, 3.05) is 5.73 Å². The van der Waals surface area contributed by atoms with E-state index < -0.39 is 0 Å². The summed E-state index contributed by atoms with van der Waals surface area (Å²) in [6.07, 6.45) is 0.898. The number of hydrogen-bond acceptors (Lipinski definition) is 2. The largest absolute Gasteiger partial charge is 0.508 e. The van der Waals surface area contributed by atoms with Crippen LogP contribution in [-0.2, 0) is 11.8 Å². The summed E-state index contributed by atoms with van der Waals surface area (Å²) in [6, 6.07) is 3.66. The summed E-state index contributed by atoms with van der Waals surface area (Å²) in [5.41, 5.74) is 8.49. The number of aromatic hydroxyl groups is 1. The highest BCUT2D eigenvalue weighted by Gasteiger charge is 2.19. The van der Waals surface area contributed by atoms with Gasteiger partial charge in [0.25, 0.3) is 0 Å². The monoisotopic (exact) mass is 193 g/mol. The van der Waals surface area contributed by atoms with E-state index in [1.807, 2.05) is 6.07 Å². The summed E-state index contributed by atoms with van der Waals surface area (Å²) in [5.74, 6) is 0.298. The van der Waals surface area contributed by atoms with Crippen molar-refractivity contribution in [3.8, 4) is 5.75 Å². The first-order chi connectivity index (χ1) is 6.36. The molecule has 1 rings (SSSR count). The van der Waals surface area contributed by atoms with Crippen molar-refractivity contribution in [1.29, 1.82) is 0 Å². The Bertz CT molecular complexity index is 337. The van der Waals surface area contributed by atoms with Crippen LogP contribution < -0.4 is 5.73 Å². The van der Waals surface area contributed by atoms with Crippen LogP contribution in [-0.4, -0.2) is 5.11 Å². The topological polar surface area (TPSA) is 46.2 Å². The second-order valence-electron chi connectivity index (χ2n) is 4.67. The van der Waals surface area contributed by atoms with E-state index in [9.17, 15) is 5.11 Å². The maximum Gasteiger partial charge on any atom is 0.121 e. The molecule has 0 bridgehead atoms. The van der Waals surface area contributed by atoms with Crippen molar-refractivity contribution in [1.82, 2.24) is 0 Å². The third-order valence-electron chi connectivity index (χ3n) is 2.45. The lowest BCUT2D eigenvalue weighted by molar-refractivity contribution is 0.446. The number of anilines is 1. The molecular formula is C12H19NO. The van der Waals surface area contributed by atoms with Crippen LogP contribution in [0.15, 0.2) is 12.1 Å². The van der Waals surface area contributed by atoms with E-state index in [-0.39, 0.29) is 5.41 Å². The minimum absolute atomic E-state index is 0.0400. The van der Waals surface area contributed by atoms with Gasteiger partial charge >= 0.3 is 0 Å². The van der Waals surface area contributed by atoms with Gasteiger partial charge in [-0.05, 0) is 29.0 Å². The highest BCUT2D eigenvalue weighted by Crippen LogP contribution is 2.33. The second kappa shape index (κ2) is 3.52. The maximum absolute atomic E-state index is 9.77. The van der Waals surface area contributed by atoms with Gasteiger partial charge in [-0.25, -0.2) is 0 Å². The molecule has 0 aliphatic heterocycles. The van der Waals surface area contributed by atoms with Crippen LogP contribution in [0.3, 0.4) is 0 Å². The molecule has 0 aliphatic carbocycles. The minimum Gasteiger partial charge on any atom is -0.508 e. The lowest BCUT2D eigenvalue weighted by Gasteiger charge is -2.22. The fourth-order valence-electron chi connectivity index (χ4n) is 1.56. The molecule has 0 spiro atoms. The van der Waals surface area contributed by atoms with Gasteiger partial charge in [0.15, 0.2) is 0 Å². The molecule has 0 saturated carbocycles. The Kier molecular flexibility index (Phi) is 2.74. The van der Waals surface area contributed by atoms with Gasteiger partial charge in [-0.15, -0.1) is 0 Å². The van der Waals surface area contributed by atoms with Crippen LogP contribution in [0, 0.1) is 0 Å². The molecule has 2 nitrogen and oxygen atoms in total. The maximum atomic E-state index is 9.77. The quantitative estimate of drug-likeness (QED) is 0.674. The molecule has 0 radical (unpaired) electrons. The summed E-state index contributed by atoms with van der Waals surface area (Å²) >= 11 is 0. The minimum atomic E-state index is -0.0400. The summed E-state index contributed by atoms with van der Waals surface area (Å²) < 4.78 is 0.